The largest absolute Gasteiger partial charge is 0.371 e. The van der Waals surface area contributed by atoms with Crippen LogP contribution in [0.3, 0.4) is 0 Å². The summed E-state index contributed by atoms with van der Waals surface area (Å²) in [6.07, 6.45) is 6.09. The van der Waals surface area contributed by atoms with Crippen LogP contribution in [0, 0.1) is 0 Å². The molecule has 1 atom stereocenters. The van der Waals surface area contributed by atoms with Gasteiger partial charge in [0, 0.05) is 24.8 Å². The Labute approximate surface area is 105 Å². The van der Waals surface area contributed by atoms with Crippen LogP contribution in [0.4, 0.5) is 5.69 Å². The van der Waals surface area contributed by atoms with E-state index in [2.05, 4.69) is 36.1 Å². The second-order valence-corrected chi connectivity index (χ2v) is 5.05. The Bertz CT molecular complexity index is 343. The SMILES string of the molecule is CCC(N)Cc1ccccc1N1CCCCC1. The van der Waals surface area contributed by atoms with Gasteiger partial charge in [0.1, 0.15) is 0 Å². The fourth-order valence-corrected chi connectivity index (χ4v) is 2.55. The summed E-state index contributed by atoms with van der Waals surface area (Å²) in [5, 5.41) is 0. The molecular weight excluding hydrogens is 208 g/mol. The van der Waals surface area contributed by atoms with Crippen molar-refractivity contribution in [3.63, 3.8) is 0 Å². The number of rotatable bonds is 4. The van der Waals surface area contributed by atoms with Crippen LogP contribution in [0.2, 0.25) is 0 Å². The number of nitrogens with zero attached hydrogens (tertiary/aromatic N) is 1. The molecule has 2 nitrogen and oxygen atoms in total. The van der Waals surface area contributed by atoms with Gasteiger partial charge < -0.3 is 10.6 Å². The van der Waals surface area contributed by atoms with Gasteiger partial charge in [-0.1, -0.05) is 25.1 Å². The third-order valence-corrected chi connectivity index (χ3v) is 3.69. The molecule has 1 aliphatic rings. The molecule has 0 radical (unpaired) electrons. The first-order chi connectivity index (χ1) is 8.31. The van der Waals surface area contributed by atoms with Gasteiger partial charge in [-0.15, -0.1) is 0 Å². The average Bonchev–Trinajstić information content (AvgIpc) is 2.40. The van der Waals surface area contributed by atoms with Gasteiger partial charge in [-0.25, -0.2) is 0 Å². The van der Waals surface area contributed by atoms with Gasteiger partial charge in [-0.2, -0.15) is 0 Å². The van der Waals surface area contributed by atoms with E-state index in [1.54, 1.807) is 0 Å². The predicted molar refractivity (Wildman–Crippen MR) is 74.5 cm³/mol. The first-order valence-electron chi connectivity index (χ1n) is 6.89. The highest BCUT2D eigenvalue weighted by atomic mass is 15.1. The highest BCUT2D eigenvalue weighted by Gasteiger charge is 2.14. The van der Waals surface area contributed by atoms with Gasteiger partial charge in [0.05, 0.1) is 0 Å². The van der Waals surface area contributed by atoms with Crippen molar-refractivity contribution >= 4 is 5.69 Å². The van der Waals surface area contributed by atoms with Crippen molar-refractivity contribution in [2.75, 3.05) is 18.0 Å². The van der Waals surface area contributed by atoms with E-state index in [0.29, 0.717) is 6.04 Å². The van der Waals surface area contributed by atoms with Crippen molar-refractivity contribution in [3.05, 3.63) is 29.8 Å². The Morgan fingerprint density at radius 2 is 1.88 bits per heavy atom. The van der Waals surface area contributed by atoms with Gasteiger partial charge in [0.25, 0.3) is 0 Å². The number of para-hydroxylation sites is 1. The molecule has 2 N–H and O–H groups in total. The minimum absolute atomic E-state index is 0.293. The lowest BCUT2D eigenvalue weighted by molar-refractivity contribution is 0.573. The summed E-state index contributed by atoms with van der Waals surface area (Å²) in [5.41, 5.74) is 8.92. The van der Waals surface area contributed by atoms with Crippen LogP contribution in [-0.4, -0.2) is 19.1 Å². The van der Waals surface area contributed by atoms with Crippen molar-refractivity contribution in [1.82, 2.24) is 0 Å². The maximum atomic E-state index is 6.08. The number of hydrogen-bond donors (Lipinski definition) is 1. The van der Waals surface area contributed by atoms with E-state index in [4.69, 9.17) is 5.73 Å². The van der Waals surface area contributed by atoms with Crippen molar-refractivity contribution < 1.29 is 0 Å². The van der Waals surface area contributed by atoms with Crippen LogP contribution < -0.4 is 10.6 Å². The topological polar surface area (TPSA) is 29.3 Å². The average molecular weight is 232 g/mol. The van der Waals surface area contributed by atoms with Gasteiger partial charge in [-0.05, 0) is 43.7 Å². The molecule has 94 valence electrons. The van der Waals surface area contributed by atoms with Gasteiger partial charge in [-0.3, -0.25) is 0 Å². The lowest BCUT2D eigenvalue weighted by atomic mass is 10.0. The first-order valence-corrected chi connectivity index (χ1v) is 6.89. The van der Waals surface area contributed by atoms with Crippen molar-refractivity contribution in [2.45, 2.75) is 45.1 Å². The fraction of sp³-hybridized carbons (Fsp3) is 0.600. The van der Waals surface area contributed by atoms with E-state index in [1.807, 2.05) is 0 Å². The van der Waals surface area contributed by atoms with Crippen LogP contribution in [0.15, 0.2) is 24.3 Å². The highest BCUT2D eigenvalue weighted by molar-refractivity contribution is 5.54. The molecular formula is C15H24N2. The summed E-state index contributed by atoms with van der Waals surface area (Å²) in [4.78, 5) is 2.53. The maximum absolute atomic E-state index is 6.08. The zero-order valence-corrected chi connectivity index (χ0v) is 10.9. The molecule has 1 aromatic carbocycles. The Morgan fingerprint density at radius 1 is 1.18 bits per heavy atom. The lowest BCUT2D eigenvalue weighted by Gasteiger charge is -2.31. The van der Waals surface area contributed by atoms with E-state index in [0.717, 1.165) is 12.8 Å². The van der Waals surface area contributed by atoms with E-state index in [-0.39, 0.29) is 0 Å². The van der Waals surface area contributed by atoms with Crippen molar-refractivity contribution in [1.29, 1.82) is 0 Å². The van der Waals surface area contributed by atoms with E-state index in [1.165, 1.54) is 43.6 Å². The summed E-state index contributed by atoms with van der Waals surface area (Å²) < 4.78 is 0. The zero-order valence-electron chi connectivity index (χ0n) is 10.9. The smallest absolute Gasteiger partial charge is 0.0399 e. The molecule has 0 spiro atoms. The summed E-state index contributed by atoms with van der Waals surface area (Å²) in [6.45, 7) is 4.57. The van der Waals surface area contributed by atoms with E-state index in [9.17, 15) is 0 Å². The molecule has 2 rings (SSSR count). The fourth-order valence-electron chi connectivity index (χ4n) is 2.55. The number of piperidine rings is 1. The molecule has 0 amide bonds. The molecule has 1 unspecified atom stereocenters. The molecule has 1 fully saturated rings. The molecule has 0 aromatic heterocycles. The summed E-state index contributed by atoms with van der Waals surface area (Å²) in [5.74, 6) is 0. The van der Waals surface area contributed by atoms with Gasteiger partial charge >= 0.3 is 0 Å². The second kappa shape index (κ2) is 6.06. The van der Waals surface area contributed by atoms with E-state index < -0.39 is 0 Å². The Hall–Kier alpha value is -1.02. The predicted octanol–water partition coefficient (Wildman–Crippen LogP) is 2.96. The highest BCUT2D eigenvalue weighted by Crippen LogP contribution is 2.25. The third kappa shape index (κ3) is 3.22. The molecule has 1 saturated heterocycles. The quantitative estimate of drug-likeness (QED) is 0.865. The van der Waals surface area contributed by atoms with E-state index >= 15 is 0 Å². The number of nitrogens with two attached hydrogens (primary N) is 1. The van der Waals surface area contributed by atoms with Crippen LogP contribution >= 0.6 is 0 Å². The monoisotopic (exact) mass is 232 g/mol. The Balaban J connectivity index is 2.14. The Kier molecular flexibility index (Phi) is 4.43. The summed E-state index contributed by atoms with van der Waals surface area (Å²) in [7, 11) is 0. The minimum atomic E-state index is 0.293. The number of hydrogen-bond acceptors (Lipinski definition) is 2. The molecule has 1 aromatic rings. The normalized spacial score (nSPS) is 18.1. The minimum Gasteiger partial charge on any atom is -0.371 e. The van der Waals surface area contributed by atoms with Crippen LogP contribution in [0.25, 0.3) is 0 Å². The van der Waals surface area contributed by atoms with Crippen LogP contribution in [0.1, 0.15) is 38.2 Å². The molecule has 0 aliphatic carbocycles. The van der Waals surface area contributed by atoms with Crippen LogP contribution in [-0.2, 0) is 6.42 Å². The molecule has 0 bridgehead atoms. The standard InChI is InChI=1S/C15H24N2/c1-2-14(16)12-13-8-4-5-9-15(13)17-10-6-3-7-11-17/h4-5,8-9,14H,2-3,6-7,10-12,16H2,1H3. The third-order valence-electron chi connectivity index (χ3n) is 3.69. The number of benzene rings is 1. The molecule has 1 heterocycles. The molecule has 17 heavy (non-hydrogen) atoms. The lowest BCUT2D eigenvalue weighted by Crippen LogP contribution is -2.31. The summed E-state index contributed by atoms with van der Waals surface area (Å²) >= 11 is 0. The second-order valence-electron chi connectivity index (χ2n) is 5.05. The maximum Gasteiger partial charge on any atom is 0.0399 e. The van der Waals surface area contributed by atoms with Crippen LogP contribution in [0.5, 0.6) is 0 Å². The number of anilines is 1. The first kappa shape index (κ1) is 12.4. The summed E-state index contributed by atoms with van der Waals surface area (Å²) in [6, 6.07) is 9.05. The Morgan fingerprint density at radius 3 is 2.59 bits per heavy atom. The van der Waals surface area contributed by atoms with Gasteiger partial charge in [0.2, 0.25) is 0 Å². The molecule has 2 heteroatoms. The zero-order chi connectivity index (χ0) is 12.1. The van der Waals surface area contributed by atoms with Crippen molar-refractivity contribution in [3.8, 4) is 0 Å². The molecule has 1 aliphatic heterocycles. The van der Waals surface area contributed by atoms with Gasteiger partial charge in [0.15, 0.2) is 0 Å². The molecule has 0 saturated carbocycles. The van der Waals surface area contributed by atoms with Crippen molar-refractivity contribution in [2.24, 2.45) is 5.73 Å².